The summed E-state index contributed by atoms with van der Waals surface area (Å²) in [5, 5.41) is 9.81. The first kappa shape index (κ1) is 16.3. The molecule has 3 nitrogen and oxygen atoms in total. The van der Waals surface area contributed by atoms with Crippen molar-refractivity contribution in [2.24, 2.45) is 0 Å². The average molecular weight is 416 g/mol. The molecule has 21 heavy (non-hydrogen) atoms. The Morgan fingerprint density at radius 3 is 2.43 bits per heavy atom. The molecule has 112 valence electrons. The van der Waals surface area contributed by atoms with E-state index in [9.17, 15) is 5.11 Å². The lowest BCUT2D eigenvalue weighted by Gasteiger charge is -2.14. The topological polar surface area (TPSA) is 38.7 Å². The predicted octanol–water partition coefficient (Wildman–Crippen LogP) is 4.85. The molecule has 5 heteroatoms. The monoisotopic (exact) mass is 414 g/mol. The maximum atomic E-state index is 9.81. The van der Waals surface area contributed by atoms with Crippen molar-refractivity contribution in [2.45, 2.75) is 19.6 Å². The smallest absolute Gasteiger partial charge is 0.133 e. The van der Waals surface area contributed by atoms with E-state index in [1.807, 2.05) is 36.4 Å². The third-order valence-electron chi connectivity index (χ3n) is 3.03. The first-order valence-corrected chi connectivity index (χ1v) is 8.02. The lowest BCUT2D eigenvalue weighted by atomic mass is 10.1. The Bertz CT molecular complexity index is 627. The molecular weight excluding hydrogens is 400 g/mol. The zero-order chi connectivity index (χ0) is 15.4. The summed E-state index contributed by atoms with van der Waals surface area (Å²) in [7, 11) is 1.63. The van der Waals surface area contributed by atoms with Gasteiger partial charge in [-0.05, 0) is 58.7 Å². The number of methoxy groups -OCH3 is 1. The van der Waals surface area contributed by atoms with Crippen LogP contribution >= 0.6 is 31.9 Å². The highest BCUT2D eigenvalue weighted by Gasteiger charge is 2.10. The van der Waals surface area contributed by atoms with Gasteiger partial charge in [0.05, 0.1) is 17.7 Å². The van der Waals surface area contributed by atoms with Gasteiger partial charge in [0.15, 0.2) is 0 Å². The highest BCUT2D eigenvalue weighted by atomic mass is 79.9. The van der Waals surface area contributed by atoms with Crippen LogP contribution in [0, 0.1) is 0 Å². The fourth-order valence-electron chi connectivity index (χ4n) is 1.94. The quantitative estimate of drug-likeness (QED) is 0.758. The van der Waals surface area contributed by atoms with Crippen molar-refractivity contribution < 1.29 is 14.6 Å². The first-order valence-electron chi connectivity index (χ1n) is 6.44. The third kappa shape index (κ3) is 4.22. The number of aliphatic hydroxyl groups is 1. The van der Waals surface area contributed by atoms with E-state index in [-0.39, 0.29) is 0 Å². The molecule has 1 N–H and O–H groups in total. The minimum absolute atomic E-state index is 0.421. The molecule has 1 atom stereocenters. The van der Waals surface area contributed by atoms with E-state index in [2.05, 4.69) is 31.9 Å². The minimum Gasteiger partial charge on any atom is -0.496 e. The van der Waals surface area contributed by atoms with Crippen LogP contribution in [0.5, 0.6) is 11.5 Å². The molecule has 0 radical (unpaired) electrons. The molecule has 0 spiro atoms. The van der Waals surface area contributed by atoms with Crippen molar-refractivity contribution in [3.05, 3.63) is 56.5 Å². The van der Waals surface area contributed by atoms with Gasteiger partial charge >= 0.3 is 0 Å². The van der Waals surface area contributed by atoms with Crippen molar-refractivity contribution in [3.8, 4) is 11.5 Å². The number of hydrogen-bond donors (Lipinski definition) is 1. The van der Waals surface area contributed by atoms with E-state index in [4.69, 9.17) is 9.47 Å². The molecule has 0 fully saturated rings. The lowest BCUT2D eigenvalue weighted by molar-refractivity contribution is 0.190. The number of ether oxygens (including phenoxy) is 2. The second kappa shape index (κ2) is 7.29. The van der Waals surface area contributed by atoms with Crippen LogP contribution in [0.2, 0.25) is 0 Å². The van der Waals surface area contributed by atoms with Crippen LogP contribution in [-0.4, -0.2) is 12.2 Å². The molecule has 0 heterocycles. The summed E-state index contributed by atoms with van der Waals surface area (Å²) in [4.78, 5) is 0. The Hall–Kier alpha value is -1.04. The Labute approximate surface area is 141 Å². The van der Waals surface area contributed by atoms with Gasteiger partial charge in [0.2, 0.25) is 0 Å². The Morgan fingerprint density at radius 1 is 1.10 bits per heavy atom. The highest BCUT2D eigenvalue weighted by molar-refractivity contribution is 9.10. The van der Waals surface area contributed by atoms with Gasteiger partial charge in [-0.2, -0.15) is 0 Å². The van der Waals surface area contributed by atoms with E-state index in [0.717, 1.165) is 25.8 Å². The number of benzene rings is 2. The molecule has 0 saturated carbocycles. The van der Waals surface area contributed by atoms with Gasteiger partial charge in [0.1, 0.15) is 18.1 Å². The maximum absolute atomic E-state index is 9.81. The number of hydrogen-bond acceptors (Lipinski definition) is 3. The van der Waals surface area contributed by atoms with Gasteiger partial charge in [-0.3, -0.25) is 0 Å². The summed E-state index contributed by atoms with van der Waals surface area (Å²) in [6.07, 6.45) is -0.583. The van der Waals surface area contributed by atoms with Crippen LogP contribution in [0.3, 0.4) is 0 Å². The molecule has 2 rings (SSSR count). The van der Waals surface area contributed by atoms with Crippen molar-refractivity contribution in [1.29, 1.82) is 0 Å². The summed E-state index contributed by atoms with van der Waals surface area (Å²) in [5.74, 6) is 1.47. The number of aliphatic hydroxyl groups excluding tert-OH is 1. The standard InChI is InChI=1S/C16H16Br2O3/c1-10(19)13-8-12(17)4-6-15(13)21-9-11-3-5-16(20-2)14(18)7-11/h3-8,10,19H,9H2,1-2H3/t10-/m0/s1. The Balaban J connectivity index is 2.15. The fourth-order valence-corrected chi connectivity index (χ4v) is 2.90. The highest BCUT2D eigenvalue weighted by Crippen LogP contribution is 2.30. The normalized spacial score (nSPS) is 12.0. The molecule has 2 aromatic carbocycles. The molecule has 0 saturated heterocycles. The summed E-state index contributed by atoms with van der Waals surface area (Å²) in [6.45, 7) is 2.14. The Kier molecular flexibility index (Phi) is 5.67. The van der Waals surface area contributed by atoms with Gasteiger partial charge < -0.3 is 14.6 Å². The van der Waals surface area contributed by atoms with E-state index >= 15 is 0 Å². The van der Waals surface area contributed by atoms with Gasteiger partial charge in [0.25, 0.3) is 0 Å². The molecular formula is C16H16Br2O3. The number of halogens is 2. The lowest BCUT2D eigenvalue weighted by Crippen LogP contribution is -2.01. The van der Waals surface area contributed by atoms with E-state index in [0.29, 0.717) is 12.4 Å². The van der Waals surface area contributed by atoms with Crippen LogP contribution in [-0.2, 0) is 6.61 Å². The summed E-state index contributed by atoms with van der Waals surface area (Å²) < 4.78 is 12.8. The number of rotatable bonds is 5. The van der Waals surface area contributed by atoms with Gasteiger partial charge in [0, 0.05) is 10.0 Å². The molecule has 0 aliphatic heterocycles. The molecule has 2 aromatic rings. The molecule has 0 unspecified atom stereocenters. The summed E-state index contributed by atoms with van der Waals surface area (Å²) >= 11 is 6.85. The van der Waals surface area contributed by atoms with Crippen molar-refractivity contribution in [3.63, 3.8) is 0 Å². The third-order valence-corrected chi connectivity index (χ3v) is 4.15. The minimum atomic E-state index is -0.583. The largest absolute Gasteiger partial charge is 0.496 e. The molecule has 0 bridgehead atoms. The van der Waals surface area contributed by atoms with E-state index in [1.165, 1.54) is 0 Å². The predicted molar refractivity (Wildman–Crippen MR) is 89.8 cm³/mol. The van der Waals surface area contributed by atoms with Crippen molar-refractivity contribution in [2.75, 3.05) is 7.11 Å². The summed E-state index contributed by atoms with van der Waals surface area (Å²) in [5.41, 5.74) is 1.78. The van der Waals surface area contributed by atoms with E-state index < -0.39 is 6.10 Å². The molecule has 0 aliphatic carbocycles. The zero-order valence-corrected chi connectivity index (χ0v) is 14.9. The van der Waals surface area contributed by atoms with Crippen LogP contribution in [0.1, 0.15) is 24.2 Å². The molecule has 0 amide bonds. The molecule has 0 aliphatic rings. The molecule has 0 aromatic heterocycles. The average Bonchev–Trinajstić information content (AvgIpc) is 2.46. The van der Waals surface area contributed by atoms with Crippen LogP contribution in [0.4, 0.5) is 0 Å². The Morgan fingerprint density at radius 2 is 1.81 bits per heavy atom. The second-order valence-corrected chi connectivity index (χ2v) is 6.39. The zero-order valence-electron chi connectivity index (χ0n) is 11.8. The fraction of sp³-hybridized carbons (Fsp3) is 0.250. The van der Waals surface area contributed by atoms with E-state index in [1.54, 1.807) is 14.0 Å². The SMILES string of the molecule is COc1ccc(COc2ccc(Br)cc2[C@H](C)O)cc1Br. The summed E-state index contributed by atoms with van der Waals surface area (Å²) in [6, 6.07) is 11.4. The van der Waals surface area contributed by atoms with Crippen LogP contribution in [0.25, 0.3) is 0 Å². The van der Waals surface area contributed by atoms with Crippen molar-refractivity contribution in [1.82, 2.24) is 0 Å². The van der Waals surface area contributed by atoms with Crippen LogP contribution < -0.4 is 9.47 Å². The van der Waals surface area contributed by atoms with Gasteiger partial charge in [-0.1, -0.05) is 22.0 Å². The van der Waals surface area contributed by atoms with Crippen LogP contribution in [0.15, 0.2) is 45.3 Å². The maximum Gasteiger partial charge on any atom is 0.133 e. The second-order valence-electron chi connectivity index (χ2n) is 4.62. The first-order chi connectivity index (χ1) is 10.0. The van der Waals surface area contributed by atoms with Crippen molar-refractivity contribution >= 4 is 31.9 Å². The van der Waals surface area contributed by atoms with Gasteiger partial charge in [-0.15, -0.1) is 0 Å². The van der Waals surface area contributed by atoms with Gasteiger partial charge in [-0.25, -0.2) is 0 Å².